The van der Waals surface area contributed by atoms with Gasteiger partial charge in [0.05, 0.1) is 18.2 Å². The Morgan fingerprint density at radius 2 is 1.71 bits per heavy atom. The van der Waals surface area contributed by atoms with Gasteiger partial charge >= 0.3 is 0 Å². The lowest BCUT2D eigenvalue weighted by molar-refractivity contribution is -0.132. The van der Waals surface area contributed by atoms with Crippen LogP contribution in [0.15, 0.2) is 96.8 Å². The number of nitrogens with zero attached hydrogens (tertiary/aromatic N) is 2. The van der Waals surface area contributed by atoms with Crippen molar-refractivity contribution in [2.45, 2.75) is 13.0 Å². The summed E-state index contributed by atoms with van der Waals surface area (Å²) in [6.45, 7) is 2.34. The second-order valence-corrected chi connectivity index (χ2v) is 7.91. The van der Waals surface area contributed by atoms with Crippen LogP contribution in [0.25, 0.3) is 16.5 Å². The van der Waals surface area contributed by atoms with E-state index in [-0.39, 0.29) is 11.3 Å². The zero-order valence-corrected chi connectivity index (χ0v) is 18.5. The first-order valence-corrected chi connectivity index (χ1v) is 11.0. The maximum Gasteiger partial charge on any atom is 0.300 e. The molecular formula is C28H22N2O4. The van der Waals surface area contributed by atoms with Crippen molar-refractivity contribution < 1.29 is 19.4 Å². The standard InChI is InChI=1S/C28H22N2O4/c1-2-34-21-10-6-9-20(17-21)30-25(19-13-15-29-16-14-19)24(27(32)28(30)33)26(31)23-12-5-8-18-7-3-4-11-22(18)23/h3-17,25,31H,2H2,1H3/b26-24-. The third-order valence-corrected chi connectivity index (χ3v) is 5.92. The van der Waals surface area contributed by atoms with Crippen molar-refractivity contribution >= 4 is 33.9 Å². The number of aromatic nitrogens is 1. The predicted molar refractivity (Wildman–Crippen MR) is 131 cm³/mol. The molecule has 3 aromatic carbocycles. The zero-order valence-electron chi connectivity index (χ0n) is 18.5. The third-order valence-electron chi connectivity index (χ3n) is 5.92. The number of hydrogen-bond donors (Lipinski definition) is 1. The molecule has 0 spiro atoms. The van der Waals surface area contributed by atoms with Gasteiger partial charge in [-0.15, -0.1) is 0 Å². The normalized spacial score (nSPS) is 17.3. The highest BCUT2D eigenvalue weighted by Crippen LogP contribution is 2.43. The van der Waals surface area contributed by atoms with Gasteiger partial charge in [0.15, 0.2) is 0 Å². The van der Waals surface area contributed by atoms with Gasteiger partial charge < -0.3 is 9.84 Å². The summed E-state index contributed by atoms with van der Waals surface area (Å²) in [6, 6.07) is 22.8. The number of hydrogen-bond acceptors (Lipinski definition) is 5. The zero-order chi connectivity index (χ0) is 23.7. The Kier molecular flexibility index (Phi) is 5.55. The van der Waals surface area contributed by atoms with Crippen LogP contribution in [0.4, 0.5) is 5.69 Å². The van der Waals surface area contributed by atoms with Crippen LogP contribution in [0.3, 0.4) is 0 Å². The molecule has 1 amide bonds. The highest BCUT2D eigenvalue weighted by Gasteiger charge is 2.47. The molecule has 168 valence electrons. The molecule has 4 aromatic rings. The maximum absolute atomic E-state index is 13.4. The fourth-order valence-corrected chi connectivity index (χ4v) is 4.43. The summed E-state index contributed by atoms with van der Waals surface area (Å²) in [5.41, 5.74) is 1.71. The quantitative estimate of drug-likeness (QED) is 0.255. The number of pyridine rings is 1. The van der Waals surface area contributed by atoms with Crippen LogP contribution >= 0.6 is 0 Å². The van der Waals surface area contributed by atoms with E-state index in [2.05, 4.69) is 4.98 Å². The van der Waals surface area contributed by atoms with E-state index in [1.807, 2.05) is 43.3 Å². The van der Waals surface area contributed by atoms with Crippen molar-refractivity contribution in [2.24, 2.45) is 0 Å². The van der Waals surface area contributed by atoms with Gasteiger partial charge in [0.25, 0.3) is 11.7 Å². The van der Waals surface area contributed by atoms with Crippen molar-refractivity contribution in [1.29, 1.82) is 0 Å². The number of anilines is 1. The van der Waals surface area contributed by atoms with Gasteiger partial charge in [0.1, 0.15) is 11.5 Å². The Morgan fingerprint density at radius 3 is 2.50 bits per heavy atom. The van der Waals surface area contributed by atoms with E-state index in [4.69, 9.17) is 4.74 Å². The van der Waals surface area contributed by atoms with Gasteiger partial charge in [0, 0.05) is 29.7 Å². The summed E-state index contributed by atoms with van der Waals surface area (Å²) in [7, 11) is 0. The van der Waals surface area contributed by atoms with Crippen molar-refractivity contribution in [3.05, 3.63) is 108 Å². The fraction of sp³-hybridized carbons (Fsp3) is 0.107. The minimum absolute atomic E-state index is 0.0365. The van der Waals surface area contributed by atoms with E-state index in [0.29, 0.717) is 29.2 Å². The molecule has 0 saturated carbocycles. The predicted octanol–water partition coefficient (Wildman–Crippen LogP) is 5.26. The van der Waals surface area contributed by atoms with Crippen LogP contribution in [-0.4, -0.2) is 28.4 Å². The molecule has 0 radical (unpaired) electrons. The van der Waals surface area contributed by atoms with Crippen molar-refractivity contribution in [2.75, 3.05) is 11.5 Å². The van der Waals surface area contributed by atoms with Crippen LogP contribution in [0, 0.1) is 0 Å². The molecule has 0 aliphatic carbocycles. The summed E-state index contributed by atoms with van der Waals surface area (Å²) < 4.78 is 5.61. The minimum atomic E-state index is -0.821. The molecule has 1 atom stereocenters. The van der Waals surface area contributed by atoms with Crippen molar-refractivity contribution in [1.82, 2.24) is 4.98 Å². The van der Waals surface area contributed by atoms with E-state index in [0.717, 1.165) is 10.8 Å². The number of ether oxygens (including phenoxy) is 1. The molecule has 1 aliphatic rings. The smallest absolute Gasteiger partial charge is 0.300 e. The molecule has 0 bridgehead atoms. The number of Topliss-reactive ketones (excluding diaryl/α,β-unsaturated/α-hetero) is 1. The van der Waals surface area contributed by atoms with E-state index in [9.17, 15) is 14.7 Å². The highest BCUT2D eigenvalue weighted by molar-refractivity contribution is 6.51. The summed E-state index contributed by atoms with van der Waals surface area (Å²) in [6.07, 6.45) is 3.20. The maximum atomic E-state index is 13.4. The molecule has 2 heterocycles. The Bertz CT molecular complexity index is 1420. The van der Waals surface area contributed by atoms with Crippen LogP contribution in [0.2, 0.25) is 0 Å². The molecule has 1 saturated heterocycles. The van der Waals surface area contributed by atoms with Gasteiger partial charge in [-0.1, -0.05) is 48.5 Å². The monoisotopic (exact) mass is 450 g/mol. The first kappa shape index (κ1) is 21.4. The van der Waals surface area contributed by atoms with Gasteiger partial charge in [-0.3, -0.25) is 19.5 Å². The number of fused-ring (bicyclic) bond motifs is 1. The number of aliphatic hydroxyl groups excluding tert-OH is 1. The summed E-state index contributed by atoms with van der Waals surface area (Å²) in [5, 5.41) is 13.2. The summed E-state index contributed by atoms with van der Waals surface area (Å²) >= 11 is 0. The van der Waals surface area contributed by atoms with E-state index in [1.165, 1.54) is 4.90 Å². The lowest BCUT2D eigenvalue weighted by Gasteiger charge is -2.25. The number of carbonyl (C=O) groups is 2. The SMILES string of the molecule is CCOc1cccc(N2C(=O)C(=O)/C(=C(\O)c3cccc4ccccc34)C2c2ccncc2)c1. The van der Waals surface area contributed by atoms with Gasteiger partial charge in [-0.05, 0) is 47.5 Å². The van der Waals surface area contributed by atoms with E-state index >= 15 is 0 Å². The van der Waals surface area contributed by atoms with E-state index < -0.39 is 17.7 Å². The van der Waals surface area contributed by atoms with Gasteiger partial charge in [-0.2, -0.15) is 0 Å². The summed E-state index contributed by atoms with van der Waals surface area (Å²) in [5.74, 6) is -1.07. The van der Waals surface area contributed by atoms with E-state index in [1.54, 1.807) is 54.9 Å². The molecule has 1 fully saturated rings. The minimum Gasteiger partial charge on any atom is -0.507 e. The largest absolute Gasteiger partial charge is 0.507 e. The van der Waals surface area contributed by atoms with Crippen LogP contribution in [0.5, 0.6) is 5.75 Å². The Balaban J connectivity index is 1.74. The number of carbonyl (C=O) groups excluding carboxylic acids is 2. The molecule has 5 rings (SSSR count). The second-order valence-electron chi connectivity index (χ2n) is 7.91. The molecule has 1 aromatic heterocycles. The number of amides is 1. The first-order valence-electron chi connectivity index (χ1n) is 11.0. The Labute approximate surface area is 196 Å². The average molecular weight is 450 g/mol. The Hall–Kier alpha value is -4.45. The highest BCUT2D eigenvalue weighted by atomic mass is 16.5. The number of aliphatic hydroxyl groups is 1. The molecule has 1 aliphatic heterocycles. The molecular weight excluding hydrogens is 428 g/mol. The molecule has 6 nitrogen and oxygen atoms in total. The Morgan fingerprint density at radius 1 is 0.971 bits per heavy atom. The average Bonchev–Trinajstić information content (AvgIpc) is 3.14. The number of benzene rings is 3. The van der Waals surface area contributed by atoms with Gasteiger partial charge in [0.2, 0.25) is 0 Å². The lowest BCUT2D eigenvalue weighted by Crippen LogP contribution is -2.29. The lowest BCUT2D eigenvalue weighted by atomic mass is 9.93. The first-order chi connectivity index (χ1) is 16.6. The molecule has 34 heavy (non-hydrogen) atoms. The molecule has 1 N–H and O–H groups in total. The fourth-order valence-electron chi connectivity index (χ4n) is 4.43. The number of rotatable bonds is 5. The molecule has 1 unspecified atom stereocenters. The van der Waals surface area contributed by atoms with Crippen LogP contribution < -0.4 is 9.64 Å². The number of ketones is 1. The van der Waals surface area contributed by atoms with Crippen molar-refractivity contribution in [3.8, 4) is 5.75 Å². The second kappa shape index (κ2) is 8.83. The van der Waals surface area contributed by atoms with Crippen LogP contribution in [0.1, 0.15) is 24.1 Å². The third kappa shape index (κ3) is 3.59. The summed E-state index contributed by atoms with van der Waals surface area (Å²) in [4.78, 5) is 32.2. The van der Waals surface area contributed by atoms with Gasteiger partial charge in [-0.25, -0.2) is 0 Å². The van der Waals surface area contributed by atoms with Crippen LogP contribution in [-0.2, 0) is 9.59 Å². The molecule has 6 heteroatoms. The topological polar surface area (TPSA) is 79.7 Å². The van der Waals surface area contributed by atoms with Crippen molar-refractivity contribution in [3.63, 3.8) is 0 Å².